The topological polar surface area (TPSA) is 3.24 Å². The van der Waals surface area contributed by atoms with Gasteiger partial charge in [-0.1, -0.05) is 0 Å². The van der Waals surface area contributed by atoms with Gasteiger partial charge in [-0.25, -0.2) is 4.39 Å². The third-order valence-electron chi connectivity index (χ3n) is 3.38. The Hall–Kier alpha value is -0.840. The molecular weight excluding hydrogens is 277 g/mol. The number of hydrogen-bond donors (Lipinski definition) is 0. The number of thioether (sulfide) groups is 1. The average molecular weight is 293 g/mol. The molecule has 4 heteroatoms. The van der Waals surface area contributed by atoms with Gasteiger partial charge in [-0.05, 0) is 47.7 Å². The summed E-state index contributed by atoms with van der Waals surface area (Å²) < 4.78 is 12.8. The summed E-state index contributed by atoms with van der Waals surface area (Å²) in [6, 6.07) is 9.02. The van der Waals surface area contributed by atoms with Crippen LogP contribution in [0.3, 0.4) is 0 Å². The van der Waals surface area contributed by atoms with Crippen LogP contribution in [-0.4, -0.2) is 23.7 Å². The first kappa shape index (κ1) is 13.2. The highest BCUT2D eigenvalue weighted by Crippen LogP contribution is 2.25. The maximum Gasteiger partial charge on any atom is 0.123 e. The zero-order chi connectivity index (χ0) is 13.1. The van der Waals surface area contributed by atoms with E-state index >= 15 is 0 Å². The van der Waals surface area contributed by atoms with E-state index in [-0.39, 0.29) is 5.82 Å². The molecule has 1 aliphatic rings. The quantitative estimate of drug-likeness (QED) is 0.783. The van der Waals surface area contributed by atoms with E-state index in [0.29, 0.717) is 0 Å². The molecule has 0 unspecified atom stereocenters. The van der Waals surface area contributed by atoms with Gasteiger partial charge in [-0.3, -0.25) is 4.90 Å². The van der Waals surface area contributed by atoms with E-state index in [1.54, 1.807) is 16.6 Å². The summed E-state index contributed by atoms with van der Waals surface area (Å²) in [7, 11) is 0. The lowest BCUT2D eigenvalue weighted by Gasteiger charge is -2.26. The molecule has 1 aliphatic heterocycles. The van der Waals surface area contributed by atoms with Crippen LogP contribution in [0.5, 0.6) is 0 Å². The minimum atomic E-state index is -0.162. The summed E-state index contributed by atoms with van der Waals surface area (Å²) in [5, 5.41) is 2.20. The highest BCUT2D eigenvalue weighted by atomic mass is 32.2. The van der Waals surface area contributed by atoms with Crippen molar-refractivity contribution in [2.24, 2.45) is 0 Å². The van der Waals surface area contributed by atoms with Gasteiger partial charge in [0.15, 0.2) is 0 Å². The van der Waals surface area contributed by atoms with Gasteiger partial charge in [0.2, 0.25) is 0 Å². The molecule has 3 rings (SSSR count). The van der Waals surface area contributed by atoms with E-state index < -0.39 is 0 Å². The van der Waals surface area contributed by atoms with Crippen LogP contribution in [0.25, 0.3) is 0 Å². The standard InChI is InChI=1S/C15H16FNS2/c16-13-1-3-14(4-2-13)18-10-8-17-7-5-15-12(11-17)6-9-19-15/h1-4,6,9H,5,7-8,10-11H2. The van der Waals surface area contributed by atoms with Gasteiger partial charge in [0.25, 0.3) is 0 Å². The van der Waals surface area contributed by atoms with Crippen molar-refractivity contribution >= 4 is 23.1 Å². The molecule has 1 aromatic carbocycles. The second-order valence-electron chi connectivity index (χ2n) is 4.70. The monoisotopic (exact) mass is 293 g/mol. The largest absolute Gasteiger partial charge is 0.298 e. The minimum Gasteiger partial charge on any atom is -0.298 e. The lowest BCUT2D eigenvalue weighted by Crippen LogP contribution is -2.31. The van der Waals surface area contributed by atoms with Gasteiger partial charge in [0, 0.05) is 35.2 Å². The highest BCUT2D eigenvalue weighted by Gasteiger charge is 2.16. The fraction of sp³-hybridized carbons (Fsp3) is 0.333. The summed E-state index contributed by atoms with van der Waals surface area (Å²) in [5.74, 6) is 0.899. The number of halogens is 1. The molecule has 0 atom stereocenters. The number of rotatable bonds is 4. The molecule has 0 amide bonds. The predicted octanol–water partition coefficient (Wildman–Crippen LogP) is 4.04. The number of fused-ring (bicyclic) bond motifs is 1. The molecule has 2 aromatic rings. The lowest BCUT2D eigenvalue weighted by atomic mass is 10.1. The first-order valence-corrected chi connectivity index (χ1v) is 8.34. The normalized spacial score (nSPS) is 15.4. The molecular formula is C15H16FNS2. The van der Waals surface area contributed by atoms with Crippen molar-refractivity contribution in [3.05, 3.63) is 52.0 Å². The maximum atomic E-state index is 12.8. The van der Waals surface area contributed by atoms with Gasteiger partial charge < -0.3 is 0 Å². The first-order valence-electron chi connectivity index (χ1n) is 6.47. The van der Waals surface area contributed by atoms with E-state index in [0.717, 1.165) is 30.3 Å². The van der Waals surface area contributed by atoms with Crippen molar-refractivity contribution in [1.82, 2.24) is 4.90 Å². The number of nitrogens with zero attached hydrogens (tertiary/aromatic N) is 1. The van der Waals surface area contributed by atoms with Crippen LogP contribution < -0.4 is 0 Å². The molecule has 0 aliphatic carbocycles. The van der Waals surface area contributed by atoms with Crippen LogP contribution in [0.15, 0.2) is 40.6 Å². The van der Waals surface area contributed by atoms with Crippen LogP contribution >= 0.6 is 23.1 Å². The van der Waals surface area contributed by atoms with E-state index in [4.69, 9.17) is 0 Å². The highest BCUT2D eigenvalue weighted by molar-refractivity contribution is 7.99. The van der Waals surface area contributed by atoms with Crippen molar-refractivity contribution in [2.45, 2.75) is 17.9 Å². The lowest BCUT2D eigenvalue weighted by molar-refractivity contribution is 0.272. The first-order chi connectivity index (χ1) is 9.31. The van der Waals surface area contributed by atoms with Crippen molar-refractivity contribution < 1.29 is 4.39 Å². The van der Waals surface area contributed by atoms with Gasteiger partial charge in [-0.15, -0.1) is 23.1 Å². The summed E-state index contributed by atoms with van der Waals surface area (Å²) in [5.41, 5.74) is 1.50. The third kappa shape index (κ3) is 3.38. The fourth-order valence-corrected chi connectivity index (χ4v) is 4.12. The Balaban J connectivity index is 1.47. The number of hydrogen-bond acceptors (Lipinski definition) is 3. The Morgan fingerprint density at radius 2 is 2.05 bits per heavy atom. The molecule has 0 radical (unpaired) electrons. The zero-order valence-corrected chi connectivity index (χ0v) is 12.3. The third-order valence-corrected chi connectivity index (χ3v) is 5.39. The Bertz CT molecular complexity index is 535. The Morgan fingerprint density at radius 3 is 2.89 bits per heavy atom. The summed E-state index contributed by atoms with van der Waals surface area (Å²) in [6.45, 7) is 3.34. The van der Waals surface area contributed by atoms with Crippen molar-refractivity contribution in [1.29, 1.82) is 0 Å². The Kier molecular flexibility index (Phi) is 4.21. The van der Waals surface area contributed by atoms with E-state index in [1.807, 2.05) is 23.5 Å². The summed E-state index contributed by atoms with van der Waals surface area (Å²) >= 11 is 3.68. The summed E-state index contributed by atoms with van der Waals surface area (Å²) in [6.07, 6.45) is 1.19. The van der Waals surface area contributed by atoms with Gasteiger partial charge in [0.05, 0.1) is 0 Å². The van der Waals surface area contributed by atoms with Gasteiger partial charge in [0.1, 0.15) is 5.82 Å². The molecule has 19 heavy (non-hydrogen) atoms. The molecule has 2 heterocycles. The molecule has 0 saturated heterocycles. The SMILES string of the molecule is Fc1ccc(SCCN2CCc3sccc3C2)cc1. The van der Waals surface area contributed by atoms with Crippen LogP contribution in [0.4, 0.5) is 4.39 Å². The minimum absolute atomic E-state index is 0.162. The molecule has 1 aromatic heterocycles. The maximum absolute atomic E-state index is 12.8. The summed E-state index contributed by atoms with van der Waals surface area (Å²) in [4.78, 5) is 5.21. The Labute approximate surface area is 121 Å². The molecule has 0 fully saturated rings. The van der Waals surface area contributed by atoms with Crippen LogP contribution in [0.1, 0.15) is 10.4 Å². The van der Waals surface area contributed by atoms with Crippen molar-refractivity contribution in [3.8, 4) is 0 Å². The van der Waals surface area contributed by atoms with E-state index in [2.05, 4.69) is 16.3 Å². The van der Waals surface area contributed by atoms with Gasteiger partial charge in [-0.2, -0.15) is 0 Å². The zero-order valence-electron chi connectivity index (χ0n) is 10.6. The van der Waals surface area contributed by atoms with E-state index in [9.17, 15) is 4.39 Å². The van der Waals surface area contributed by atoms with Crippen LogP contribution in [0, 0.1) is 5.82 Å². The smallest absolute Gasteiger partial charge is 0.123 e. The fourth-order valence-electron chi connectivity index (χ4n) is 2.32. The molecule has 100 valence electrons. The number of benzene rings is 1. The Morgan fingerprint density at radius 1 is 1.21 bits per heavy atom. The second kappa shape index (κ2) is 6.07. The second-order valence-corrected chi connectivity index (χ2v) is 6.87. The molecule has 0 N–H and O–H groups in total. The molecule has 0 bridgehead atoms. The van der Waals surface area contributed by atoms with Crippen molar-refractivity contribution in [2.75, 3.05) is 18.8 Å². The average Bonchev–Trinajstić information content (AvgIpc) is 2.88. The van der Waals surface area contributed by atoms with E-state index in [1.165, 1.54) is 24.1 Å². The number of thiophene rings is 1. The van der Waals surface area contributed by atoms with Gasteiger partial charge >= 0.3 is 0 Å². The predicted molar refractivity (Wildman–Crippen MR) is 80.4 cm³/mol. The van der Waals surface area contributed by atoms with Crippen LogP contribution in [-0.2, 0) is 13.0 Å². The van der Waals surface area contributed by atoms with Crippen molar-refractivity contribution in [3.63, 3.8) is 0 Å². The molecule has 0 spiro atoms. The molecule has 1 nitrogen and oxygen atoms in total. The molecule has 0 saturated carbocycles. The van der Waals surface area contributed by atoms with Crippen LogP contribution in [0.2, 0.25) is 0 Å².